The minimum Gasteiger partial charge on any atom is -0.480 e. The molecule has 4 nitrogen and oxygen atoms in total. The number of nitrogens with two attached hydrogens (primary N) is 1. The van der Waals surface area contributed by atoms with Gasteiger partial charge < -0.3 is 15.9 Å². The first-order valence-corrected chi connectivity index (χ1v) is 8.90. The summed E-state index contributed by atoms with van der Waals surface area (Å²) in [6.07, 6.45) is 0.0752. The number of carbonyl (C=O) groups is 1. The lowest BCUT2D eigenvalue weighted by Gasteiger charge is -2.49. The van der Waals surface area contributed by atoms with Gasteiger partial charge >= 0.3 is 5.97 Å². The lowest BCUT2D eigenvalue weighted by atomic mass is 9.99. The van der Waals surface area contributed by atoms with E-state index in [1.54, 1.807) is 13.8 Å². The van der Waals surface area contributed by atoms with E-state index in [0.29, 0.717) is 0 Å². The Morgan fingerprint density at radius 3 is 1.71 bits per heavy atom. The van der Waals surface area contributed by atoms with E-state index in [4.69, 9.17) is 5.73 Å². The van der Waals surface area contributed by atoms with Gasteiger partial charge in [-0.15, -0.1) is 0 Å². The van der Waals surface area contributed by atoms with E-state index in [1.807, 2.05) is 33.9 Å². The monoisotopic (exact) mass is 261 g/mol. The van der Waals surface area contributed by atoms with Crippen LogP contribution in [0.15, 0.2) is 0 Å². The van der Waals surface area contributed by atoms with E-state index >= 15 is 0 Å². The summed E-state index contributed by atoms with van der Waals surface area (Å²) in [5, 5.41) is 17.9. The summed E-state index contributed by atoms with van der Waals surface area (Å²) >= 11 is 0. The summed E-state index contributed by atoms with van der Waals surface area (Å²) < 4.78 is 0. The largest absolute Gasteiger partial charge is 0.480 e. The number of hydrogen-bond donors (Lipinski definition) is 3. The fourth-order valence-corrected chi connectivity index (χ4v) is 4.66. The summed E-state index contributed by atoms with van der Waals surface area (Å²) in [6, 6.07) is 0. The quantitative estimate of drug-likeness (QED) is 0.676. The predicted molar refractivity (Wildman–Crippen MR) is 72.7 cm³/mol. The first-order chi connectivity index (χ1) is 7.15. The average Bonchev–Trinajstić information content (AvgIpc) is 1.97. The Kier molecular flexibility index (Phi) is 4.27. The number of rotatable bonds is 4. The molecule has 1 atom stereocenters. The van der Waals surface area contributed by atoms with Gasteiger partial charge in [0.15, 0.2) is 0 Å². The molecule has 0 fully saturated rings. The molecule has 0 heterocycles. The molecule has 0 aromatic heterocycles. The number of aliphatic carboxylic acids is 1. The van der Waals surface area contributed by atoms with Crippen molar-refractivity contribution in [1.82, 2.24) is 0 Å². The van der Waals surface area contributed by atoms with Crippen LogP contribution in [0.2, 0.25) is 18.1 Å². The molecule has 0 saturated carbocycles. The van der Waals surface area contributed by atoms with Crippen LogP contribution in [0.3, 0.4) is 0 Å². The molecule has 0 aromatic carbocycles. The van der Waals surface area contributed by atoms with E-state index in [1.165, 1.54) is 0 Å². The lowest BCUT2D eigenvalue weighted by Crippen LogP contribution is -2.71. The van der Waals surface area contributed by atoms with Gasteiger partial charge in [-0.1, -0.05) is 33.9 Å². The van der Waals surface area contributed by atoms with Crippen molar-refractivity contribution in [2.75, 3.05) is 0 Å². The van der Waals surface area contributed by atoms with Gasteiger partial charge in [0.1, 0.15) is 5.16 Å². The molecule has 0 rings (SSSR count). The van der Waals surface area contributed by atoms with Crippen LogP contribution in [0.4, 0.5) is 0 Å². The third-order valence-corrected chi connectivity index (χ3v) is 10.5. The molecular formula is C12H27NO3Si. The van der Waals surface area contributed by atoms with Gasteiger partial charge in [0.25, 0.3) is 0 Å². The van der Waals surface area contributed by atoms with Gasteiger partial charge in [0, 0.05) is 6.42 Å². The van der Waals surface area contributed by atoms with Crippen LogP contribution >= 0.6 is 0 Å². The van der Waals surface area contributed by atoms with Crippen molar-refractivity contribution in [3.05, 3.63) is 0 Å². The molecule has 5 heteroatoms. The molecule has 0 aliphatic heterocycles. The molecule has 0 aliphatic rings. The van der Waals surface area contributed by atoms with Crippen LogP contribution in [0.1, 0.15) is 41.0 Å². The van der Waals surface area contributed by atoms with Crippen molar-refractivity contribution in [3.8, 4) is 0 Å². The molecule has 0 amide bonds. The summed E-state index contributed by atoms with van der Waals surface area (Å²) in [5.41, 5.74) is 5.11. The van der Waals surface area contributed by atoms with Crippen molar-refractivity contribution in [3.63, 3.8) is 0 Å². The molecule has 0 saturated heterocycles. The zero-order valence-electron chi connectivity index (χ0n) is 12.1. The number of hydrogen-bond acceptors (Lipinski definition) is 3. The third kappa shape index (κ3) is 3.30. The van der Waals surface area contributed by atoms with E-state index in [0.717, 1.165) is 0 Å². The molecular weight excluding hydrogens is 234 g/mol. The van der Waals surface area contributed by atoms with Crippen LogP contribution < -0.4 is 5.73 Å². The molecule has 0 radical (unpaired) electrons. The Balaban J connectivity index is 5.60. The smallest absolute Gasteiger partial charge is 0.320 e. The first-order valence-electron chi connectivity index (χ1n) is 5.90. The second-order valence-electron chi connectivity index (χ2n) is 7.14. The topological polar surface area (TPSA) is 83.5 Å². The summed E-state index contributed by atoms with van der Waals surface area (Å²) in [5.74, 6) is -1.01. The van der Waals surface area contributed by atoms with Crippen molar-refractivity contribution < 1.29 is 15.0 Å². The van der Waals surface area contributed by atoms with Gasteiger partial charge in [-0.3, -0.25) is 4.79 Å². The van der Waals surface area contributed by atoms with Crippen LogP contribution in [-0.4, -0.2) is 35.0 Å². The maximum Gasteiger partial charge on any atom is 0.320 e. The van der Waals surface area contributed by atoms with Gasteiger partial charge in [0.05, 0.1) is 13.7 Å². The second kappa shape index (κ2) is 4.37. The van der Waals surface area contributed by atoms with Gasteiger partial charge in [-0.05, 0) is 18.9 Å². The van der Waals surface area contributed by atoms with Gasteiger partial charge in [-0.25, -0.2) is 0 Å². The number of aliphatic hydroxyl groups is 1. The van der Waals surface area contributed by atoms with E-state index in [9.17, 15) is 15.0 Å². The molecule has 1 unspecified atom stereocenters. The molecule has 0 aromatic rings. The van der Waals surface area contributed by atoms with Gasteiger partial charge in [-0.2, -0.15) is 0 Å². The van der Waals surface area contributed by atoms with Crippen LogP contribution in [0.25, 0.3) is 0 Å². The second-order valence-corrected chi connectivity index (χ2v) is 12.8. The Morgan fingerprint density at radius 2 is 1.53 bits per heavy atom. The normalized spacial score (nSPS) is 17.7. The molecule has 17 heavy (non-hydrogen) atoms. The minimum absolute atomic E-state index is 0.0752. The molecule has 0 bridgehead atoms. The Labute approximate surface area is 105 Å². The number of carboxylic acids is 1. The van der Waals surface area contributed by atoms with Crippen LogP contribution in [-0.2, 0) is 4.79 Å². The average molecular weight is 261 g/mol. The van der Waals surface area contributed by atoms with Gasteiger partial charge in [0.2, 0.25) is 0 Å². The third-order valence-electron chi connectivity index (χ3n) is 4.08. The van der Waals surface area contributed by atoms with E-state index in [2.05, 4.69) is 0 Å². The first kappa shape index (κ1) is 16.6. The maximum absolute atomic E-state index is 11.6. The molecule has 0 spiro atoms. The fourth-order valence-electron chi connectivity index (χ4n) is 1.92. The zero-order chi connectivity index (χ0) is 14.3. The highest BCUT2D eigenvalue weighted by atomic mass is 28.3. The van der Waals surface area contributed by atoms with Crippen molar-refractivity contribution in [1.29, 1.82) is 0 Å². The van der Waals surface area contributed by atoms with E-state index in [-0.39, 0.29) is 11.5 Å². The van der Waals surface area contributed by atoms with Crippen molar-refractivity contribution in [2.45, 2.75) is 69.9 Å². The van der Waals surface area contributed by atoms with E-state index < -0.39 is 24.8 Å². The SMILES string of the molecule is CC(C)(O)CC(N)(C(=O)O)[Si](C)(C)C(C)(C)C. The highest BCUT2D eigenvalue weighted by Crippen LogP contribution is 2.44. The Bertz CT molecular complexity index is 302. The fraction of sp³-hybridized carbons (Fsp3) is 0.917. The predicted octanol–water partition coefficient (Wildman–Crippen LogP) is 1.98. The molecule has 102 valence electrons. The summed E-state index contributed by atoms with van der Waals surface area (Å²) in [7, 11) is -2.31. The Hall–Kier alpha value is -0.393. The summed E-state index contributed by atoms with van der Waals surface area (Å²) in [4.78, 5) is 11.6. The number of carboxylic acid groups (broad SMARTS) is 1. The molecule has 4 N–H and O–H groups in total. The Morgan fingerprint density at radius 1 is 1.18 bits per heavy atom. The molecule has 0 aliphatic carbocycles. The summed E-state index contributed by atoms with van der Waals surface area (Å²) in [6.45, 7) is 13.2. The van der Waals surface area contributed by atoms with Crippen molar-refractivity contribution in [2.24, 2.45) is 5.73 Å². The standard InChI is InChI=1S/C12H27NO3Si/c1-10(2,3)17(6,7)12(13,9(14)15)8-11(4,5)16/h16H,8,13H2,1-7H3,(H,14,15). The highest BCUT2D eigenvalue weighted by molar-refractivity contribution is 6.86. The van der Waals surface area contributed by atoms with Crippen LogP contribution in [0, 0.1) is 0 Å². The van der Waals surface area contributed by atoms with Crippen molar-refractivity contribution >= 4 is 14.0 Å². The maximum atomic E-state index is 11.6. The minimum atomic E-state index is -2.31. The lowest BCUT2D eigenvalue weighted by molar-refractivity contribution is -0.142. The zero-order valence-corrected chi connectivity index (χ0v) is 13.1. The highest BCUT2D eigenvalue weighted by Gasteiger charge is 2.57. The van der Waals surface area contributed by atoms with Crippen LogP contribution in [0.5, 0.6) is 0 Å².